The normalized spacial score (nSPS) is 10.3. The summed E-state index contributed by atoms with van der Waals surface area (Å²) in [5.41, 5.74) is 3.07. The molecule has 2 aromatic carbocycles. The van der Waals surface area contributed by atoms with Crippen molar-refractivity contribution in [2.45, 2.75) is 13.1 Å². The highest BCUT2D eigenvalue weighted by Gasteiger charge is 2.17. The molecule has 1 amide bonds. The van der Waals surface area contributed by atoms with E-state index in [1.807, 2.05) is 79.7 Å². The van der Waals surface area contributed by atoms with Gasteiger partial charge in [-0.05, 0) is 41.5 Å². The molecule has 0 radical (unpaired) electrons. The van der Waals surface area contributed by atoms with E-state index in [4.69, 9.17) is 14.2 Å². The zero-order chi connectivity index (χ0) is 22.8. The number of nitrogens with zero attached hydrogens (tertiary/aromatic N) is 3. The molecule has 0 atom stereocenters. The van der Waals surface area contributed by atoms with Gasteiger partial charge in [0.25, 0.3) is 0 Å². The van der Waals surface area contributed by atoms with Crippen molar-refractivity contribution in [1.82, 2.24) is 9.88 Å². The first-order valence-corrected chi connectivity index (χ1v) is 10.4. The number of methoxy groups -OCH3 is 1. The molecule has 0 aliphatic rings. The summed E-state index contributed by atoms with van der Waals surface area (Å²) < 4.78 is 16.3. The summed E-state index contributed by atoms with van der Waals surface area (Å²) in [6.45, 7) is 1.17. The molecule has 0 bridgehead atoms. The average Bonchev–Trinajstić information content (AvgIpc) is 2.82. The number of aromatic nitrogens is 1. The number of rotatable bonds is 10. The molecule has 0 saturated carbocycles. The Morgan fingerprint density at radius 1 is 0.906 bits per heavy atom. The second-order valence-electron chi connectivity index (χ2n) is 7.40. The van der Waals surface area contributed by atoms with Crippen LogP contribution in [0, 0.1) is 0 Å². The number of carbonyl (C=O) groups is 1. The van der Waals surface area contributed by atoms with E-state index in [1.165, 1.54) is 0 Å². The standard InChI is InChI=1S/C25H29N3O4/c1-27(2)22-12-10-20(11-13-22)18-28(19-21-7-6-8-23(17-21)30-3)25(29)32-16-15-31-24-9-4-5-14-26-24/h4-14,17H,15-16,18-19H2,1-3H3. The maximum absolute atomic E-state index is 12.9. The lowest BCUT2D eigenvalue weighted by Gasteiger charge is -2.23. The lowest BCUT2D eigenvalue weighted by molar-refractivity contribution is 0.0829. The van der Waals surface area contributed by atoms with Crippen LogP contribution in [0.3, 0.4) is 0 Å². The maximum Gasteiger partial charge on any atom is 0.410 e. The molecule has 0 aliphatic heterocycles. The summed E-state index contributed by atoms with van der Waals surface area (Å²) in [5, 5.41) is 0. The molecule has 0 spiro atoms. The van der Waals surface area contributed by atoms with Gasteiger partial charge < -0.3 is 19.1 Å². The number of ether oxygens (including phenoxy) is 3. The largest absolute Gasteiger partial charge is 0.497 e. The molecule has 32 heavy (non-hydrogen) atoms. The molecular formula is C25H29N3O4. The molecule has 0 unspecified atom stereocenters. The van der Waals surface area contributed by atoms with Gasteiger partial charge in [0.1, 0.15) is 19.0 Å². The van der Waals surface area contributed by atoms with Crippen LogP contribution in [0.4, 0.5) is 10.5 Å². The minimum Gasteiger partial charge on any atom is -0.497 e. The highest BCUT2D eigenvalue weighted by molar-refractivity contribution is 5.67. The molecular weight excluding hydrogens is 406 g/mol. The monoisotopic (exact) mass is 435 g/mol. The second kappa shape index (κ2) is 11.6. The molecule has 0 fully saturated rings. The summed E-state index contributed by atoms with van der Waals surface area (Å²) in [5.74, 6) is 1.24. The van der Waals surface area contributed by atoms with Crippen LogP contribution in [-0.4, -0.2) is 50.4 Å². The summed E-state index contributed by atoms with van der Waals surface area (Å²) in [6, 6.07) is 21.2. The van der Waals surface area contributed by atoms with Crippen LogP contribution in [-0.2, 0) is 17.8 Å². The average molecular weight is 436 g/mol. The van der Waals surface area contributed by atoms with E-state index in [2.05, 4.69) is 4.98 Å². The Bertz CT molecular complexity index is 978. The van der Waals surface area contributed by atoms with Crippen molar-refractivity contribution < 1.29 is 19.0 Å². The summed E-state index contributed by atoms with van der Waals surface area (Å²) in [6.07, 6.45) is 1.24. The number of amides is 1. The SMILES string of the molecule is COc1cccc(CN(Cc2ccc(N(C)C)cc2)C(=O)OCCOc2ccccn2)c1. The van der Waals surface area contributed by atoms with Gasteiger partial charge in [-0.3, -0.25) is 4.90 Å². The molecule has 1 aromatic heterocycles. The predicted molar refractivity (Wildman–Crippen MR) is 124 cm³/mol. The first-order valence-electron chi connectivity index (χ1n) is 10.4. The third-order valence-electron chi connectivity index (χ3n) is 4.79. The minimum absolute atomic E-state index is 0.129. The fourth-order valence-electron chi connectivity index (χ4n) is 3.10. The van der Waals surface area contributed by atoms with Gasteiger partial charge in [-0.1, -0.05) is 30.3 Å². The highest BCUT2D eigenvalue weighted by Crippen LogP contribution is 2.18. The van der Waals surface area contributed by atoms with E-state index < -0.39 is 6.09 Å². The molecule has 3 rings (SSSR count). The van der Waals surface area contributed by atoms with E-state index in [-0.39, 0.29) is 13.2 Å². The zero-order valence-electron chi connectivity index (χ0n) is 18.7. The van der Waals surface area contributed by atoms with Crippen molar-refractivity contribution in [2.75, 3.05) is 39.3 Å². The Morgan fingerprint density at radius 3 is 2.38 bits per heavy atom. The van der Waals surface area contributed by atoms with Crippen LogP contribution < -0.4 is 14.4 Å². The summed E-state index contributed by atoms with van der Waals surface area (Å²) in [4.78, 5) is 20.7. The van der Waals surface area contributed by atoms with E-state index in [0.717, 1.165) is 22.6 Å². The van der Waals surface area contributed by atoms with Gasteiger partial charge in [-0.25, -0.2) is 9.78 Å². The van der Waals surface area contributed by atoms with Crippen LogP contribution >= 0.6 is 0 Å². The Balaban J connectivity index is 1.64. The van der Waals surface area contributed by atoms with Crippen LogP contribution in [0.15, 0.2) is 72.9 Å². The molecule has 1 heterocycles. The van der Waals surface area contributed by atoms with Gasteiger partial charge in [-0.2, -0.15) is 0 Å². The maximum atomic E-state index is 12.9. The number of hydrogen-bond acceptors (Lipinski definition) is 6. The topological polar surface area (TPSA) is 64.1 Å². The number of hydrogen-bond donors (Lipinski definition) is 0. The van der Waals surface area contributed by atoms with Gasteiger partial charge in [-0.15, -0.1) is 0 Å². The van der Waals surface area contributed by atoms with Crippen LogP contribution in [0.25, 0.3) is 0 Å². The quantitative estimate of drug-likeness (QED) is 0.441. The molecule has 3 aromatic rings. The summed E-state index contributed by atoms with van der Waals surface area (Å²) in [7, 11) is 5.61. The predicted octanol–water partition coefficient (Wildman–Crippen LogP) is 4.37. The Hall–Kier alpha value is -3.74. The van der Waals surface area contributed by atoms with E-state index in [0.29, 0.717) is 19.0 Å². The van der Waals surface area contributed by atoms with E-state index >= 15 is 0 Å². The molecule has 7 heteroatoms. The Morgan fingerprint density at radius 2 is 1.69 bits per heavy atom. The third-order valence-corrected chi connectivity index (χ3v) is 4.79. The first-order chi connectivity index (χ1) is 15.5. The molecule has 7 nitrogen and oxygen atoms in total. The number of pyridine rings is 1. The van der Waals surface area contributed by atoms with E-state index in [9.17, 15) is 4.79 Å². The lowest BCUT2D eigenvalue weighted by Crippen LogP contribution is -2.31. The van der Waals surface area contributed by atoms with Gasteiger partial charge in [0.15, 0.2) is 0 Å². The second-order valence-corrected chi connectivity index (χ2v) is 7.40. The number of carbonyl (C=O) groups excluding carboxylic acids is 1. The van der Waals surface area contributed by atoms with Crippen molar-refractivity contribution in [2.24, 2.45) is 0 Å². The Kier molecular flexibility index (Phi) is 8.31. The highest BCUT2D eigenvalue weighted by atomic mass is 16.6. The molecule has 0 saturated heterocycles. The third kappa shape index (κ3) is 6.91. The van der Waals surface area contributed by atoms with Crippen molar-refractivity contribution in [3.8, 4) is 11.6 Å². The van der Waals surface area contributed by atoms with Crippen molar-refractivity contribution >= 4 is 11.8 Å². The molecule has 0 aliphatic carbocycles. The van der Waals surface area contributed by atoms with Gasteiger partial charge in [0, 0.05) is 45.1 Å². The van der Waals surface area contributed by atoms with Crippen molar-refractivity contribution in [1.29, 1.82) is 0 Å². The minimum atomic E-state index is -0.408. The van der Waals surface area contributed by atoms with Crippen LogP contribution in [0.5, 0.6) is 11.6 Å². The van der Waals surface area contributed by atoms with Gasteiger partial charge >= 0.3 is 6.09 Å². The van der Waals surface area contributed by atoms with Crippen molar-refractivity contribution in [3.05, 3.63) is 84.1 Å². The molecule has 0 N–H and O–H groups in total. The fourth-order valence-corrected chi connectivity index (χ4v) is 3.10. The number of anilines is 1. The van der Waals surface area contributed by atoms with Gasteiger partial charge in [0.2, 0.25) is 5.88 Å². The summed E-state index contributed by atoms with van der Waals surface area (Å²) >= 11 is 0. The Labute approximate surface area is 189 Å². The fraction of sp³-hybridized carbons (Fsp3) is 0.280. The van der Waals surface area contributed by atoms with Crippen LogP contribution in [0.1, 0.15) is 11.1 Å². The van der Waals surface area contributed by atoms with E-state index in [1.54, 1.807) is 24.3 Å². The first kappa shape index (κ1) is 22.9. The number of benzene rings is 2. The van der Waals surface area contributed by atoms with Gasteiger partial charge in [0.05, 0.1) is 7.11 Å². The van der Waals surface area contributed by atoms with Crippen LogP contribution in [0.2, 0.25) is 0 Å². The van der Waals surface area contributed by atoms with Crippen molar-refractivity contribution in [3.63, 3.8) is 0 Å². The molecule has 168 valence electrons. The lowest BCUT2D eigenvalue weighted by atomic mass is 10.1. The zero-order valence-corrected chi connectivity index (χ0v) is 18.7. The smallest absolute Gasteiger partial charge is 0.410 e.